The van der Waals surface area contributed by atoms with Crippen LogP contribution in [0.15, 0.2) is 27.6 Å². The van der Waals surface area contributed by atoms with Crippen molar-refractivity contribution in [2.45, 2.75) is 40.5 Å². The highest BCUT2D eigenvalue weighted by atomic mass is 19.3. The van der Waals surface area contributed by atoms with E-state index in [2.05, 4.69) is 25.3 Å². The zero-order valence-electron chi connectivity index (χ0n) is 15.8. The van der Waals surface area contributed by atoms with E-state index in [1.807, 2.05) is 20.8 Å². The summed E-state index contributed by atoms with van der Waals surface area (Å²) >= 11 is 0. The number of halogens is 2. The molecule has 0 bridgehead atoms. The van der Waals surface area contributed by atoms with E-state index in [4.69, 9.17) is 9.15 Å². The molecule has 2 aromatic rings. The molecule has 0 saturated carbocycles. The molecule has 0 fully saturated rings. The Kier molecular flexibility index (Phi) is 7.39. The van der Waals surface area contributed by atoms with Crippen molar-refractivity contribution in [1.29, 1.82) is 0 Å². The van der Waals surface area contributed by atoms with Crippen molar-refractivity contribution in [3.63, 3.8) is 0 Å². The fourth-order valence-corrected chi connectivity index (χ4v) is 2.29. The van der Waals surface area contributed by atoms with Gasteiger partial charge < -0.3 is 24.5 Å². The summed E-state index contributed by atoms with van der Waals surface area (Å²) in [7, 11) is 1.39. The van der Waals surface area contributed by atoms with E-state index in [-0.39, 0.29) is 18.0 Å². The molecule has 27 heavy (non-hydrogen) atoms. The SMILES string of the molecule is CCNC(=NCc1ccc(OC)c(OC(F)F)c1)NCc1nc(C)c(C)o1. The average Bonchev–Trinajstić information content (AvgIpc) is 2.95. The molecule has 9 heteroatoms. The molecule has 0 spiro atoms. The number of nitrogens with one attached hydrogen (secondary N) is 2. The standard InChI is InChI=1S/C18H24F2N4O3/c1-5-21-18(23-10-16-24-11(2)12(3)26-16)22-9-13-6-7-14(25-4)15(8-13)27-17(19)20/h6-8,17H,5,9-10H2,1-4H3,(H2,21,22,23). The average molecular weight is 382 g/mol. The lowest BCUT2D eigenvalue weighted by Crippen LogP contribution is -2.36. The number of benzene rings is 1. The number of oxazole rings is 1. The van der Waals surface area contributed by atoms with Crippen molar-refractivity contribution in [2.24, 2.45) is 4.99 Å². The van der Waals surface area contributed by atoms with Crippen LogP contribution in [0, 0.1) is 13.8 Å². The number of nitrogens with zero attached hydrogens (tertiary/aromatic N) is 2. The molecule has 1 aromatic carbocycles. The van der Waals surface area contributed by atoms with Crippen molar-refractivity contribution in [1.82, 2.24) is 15.6 Å². The van der Waals surface area contributed by atoms with E-state index in [0.717, 1.165) is 11.5 Å². The third kappa shape index (κ3) is 6.12. The number of alkyl halides is 2. The van der Waals surface area contributed by atoms with Crippen LogP contribution in [0.4, 0.5) is 8.78 Å². The van der Waals surface area contributed by atoms with Gasteiger partial charge >= 0.3 is 6.61 Å². The number of aromatic nitrogens is 1. The van der Waals surface area contributed by atoms with Crippen LogP contribution in [0.3, 0.4) is 0 Å². The highest BCUT2D eigenvalue weighted by Gasteiger charge is 2.11. The highest BCUT2D eigenvalue weighted by molar-refractivity contribution is 5.79. The molecule has 1 heterocycles. The lowest BCUT2D eigenvalue weighted by molar-refractivity contribution is -0.0512. The number of ether oxygens (including phenoxy) is 2. The van der Waals surface area contributed by atoms with Gasteiger partial charge in [-0.15, -0.1) is 0 Å². The normalized spacial score (nSPS) is 11.6. The molecule has 2 rings (SSSR count). The molecule has 148 valence electrons. The lowest BCUT2D eigenvalue weighted by Gasteiger charge is -2.12. The van der Waals surface area contributed by atoms with Gasteiger partial charge in [0.15, 0.2) is 17.5 Å². The Bertz CT molecular complexity index is 758. The van der Waals surface area contributed by atoms with Crippen molar-refractivity contribution in [2.75, 3.05) is 13.7 Å². The Morgan fingerprint density at radius 1 is 1.26 bits per heavy atom. The summed E-state index contributed by atoms with van der Waals surface area (Å²) < 4.78 is 40.1. The molecule has 0 aliphatic heterocycles. The van der Waals surface area contributed by atoms with Gasteiger partial charge in [-0.1, -0.05) is 6.07 Å². The smallest absolute Gasteiger partial charge is 0.387 e. The number of aryl methyl sites for hydroxylation is 2. The molecule has 0 aliphatic rings. The summed E-state index contributed by atoms with van der Waals surface area (Å²) in [6.07, 6.45) is 0. The summed E-state index contributed by atoms with van der Waals surface area (Å²) in [4.78, 5) is 8.75. The van der Waals surface area contributed by atoms with E-state index in [0.29, 0.717) is 30.5 Å². The van der Waals surface area contributed by atoms with Gasteiger partial charge in [0, 0.05) is 6.54 Å². The predicted octanol–water partition coefficient (Wildman–Crippen LogP) is 3.16. The number of rotatable bonds is 8. The Hall–Kier alpha value is -2.84. The van der Waals surface area contributed by atoms with Crippen LogP contribution in [0.1, 0.15) is 29.8 Å². The first-order valence-electron chi connectivity index (χ1n) is 8.49. The molecule has 0 unspecified atom stereocenters. The molecular weight excluding hydrogens is 358 g/mol. The zero-order valence-corrected chi connectivity index (χ0v) is 15.8. The molecule has 7 nitrogen and oxygen atoms in total. The van der Waals surface area contributed by atoms with E-state index >= 15 is 0 Å². The maximum Gasteiger partial charge on any atom is 0.387 e. The first kappa shape index (κ1) is 20.5. The van der Waals surface area contributed by atoms with Crippen molar-refractivity contribution in [3.8, 4) is 11.5 Å². The number of aliphatic imine (C=N–C) groups is 1. The van der Waals surface area contributed by atoms with Crippen LogP contribution in [-0.2, 0) is 13.1 Å². The Morgan fingerprint density at radius 3 is 2.63 bits per heavy atom. The van der Waals surface area contributed by atoms with Gasteiger partial charge in [0.1, 0.15) is 5.76 Å². The maximum atomic E-state index is 12.5. The quantitative estimate of drug-likeness (QED) is 0.539. The molecular formula is C18H24F2N4O3. The van der Waals surface area contributed by atoms with E-state index < -0.39 is 6.61 Å². The summed E-state index contributed by atoms with van der Waals surface area (Å²) in [5, 5.41) is 6.23. The molecule has 0 atom stereocenters. The van der Waals surface area contributed by atoms with E-state index in [1.54, 1.807) is 12.1 Å². The molecule has 0 amide bonds. The molecule has 0 aliphatic carbocycles. The monoisotopic (exact) mass is 382 g/mol. The zero-order chi connectivity index (χ0) is 19.8. The first-order chi connectivity index (χ1) is 12.9. The van der Waals surface area contributed by atoms with Crippen LogP contribution < -0.4 is 20.1 Å². The van der Waals surface area contributed by atoms with Gasteiger partial charge in [0.05, 0.1) is 25.9 Å². The van der Waals surface area contributed by atoms with Gasteiger partial charge in [-0.2, -0.15) is 8.78 Å². The fourth-order valence-electron chi connectivity index (χ4n) is 2.29. The van der Waals surface area contributed by atoms with Gasteiger partial charge in [-0.3, -0.25) is 0 Å². The van der Waals surface area contributed by atoms with Gasteiger partial charge in [0.2, 0.25) is 5.89 Å². The molecule has 2 N–H and O–H groups in total. The van der Waals surface area contributed by atoms with E-state index in [9.17, 15) is 8.78 Å². The minimum Gasteiger partial charge on any atom is -0.493 e. The number of hydrogen-bond acceptors (Lipinski definition) is 5. The van der Waals surface area contributed by atoms with Crippen LogP contribution in [0.5, 0.6) is 11.5 Å². The molecule has 0 saturated heterocycles. The number of hydrogen-bond donors (Lipinski definition) is 2. The predicted molar refractivity (Wildman–Crippen MR) is 97.3 cm³/mol. The largest absolute Gasteiger partial charge is 0.493 e. The van der Waals surface area contributed by atoms with Crippen molar-refractivity contribution < 1.29 is 22.7 Å². The topological polar surface area (TPSA) is 80.9 Å². The summed E-state index contributed by atoms with van der Waals surface area (Å²) in [5.74, 6) is 2.11. The Morgan fingerprint density at radius 2 is 2.04 bits per heavy atom. The van der Waals surface area contributed by atoms with E-state index in [1.165, 1.54) is 13.2 Å². The molecule has 1 aromatic heterocycles. The second-order valence-corrected chi connectivity index (χ2v) is 5.66. The summed E-state index contributed by atoms with van der Waals surface area (Å²) in [6, 6.07) is 4.80. The second-order valence-electron chi connectivity index (χ2n) is 5.66. The van der Waals surface area contributed by atoms with Crippen LogP contribution in [0.2, 0.25) is 0 Å². The van der Waals surface area contributed by atoms with Gasteiger partial charge in [-0.25, -0.2) is 9.98 Å². The van der Waals surface area contributed by atoms with Gasteiger partial charge in [-0.05, 0) is 38.5 Å². The van der Waals surface area contributed by atoms with Crippen molar-refractivity contribution in [3.05, 3.63) is 41.1 Å². The van der Waals surface area contributed by atoms with Crippen LogP contribution in [0.25, 0.3) is 0 Å². The maximum absolute atomic E-state index is 12.5. The van der Waals surface area contributed by atoms with Crippen LogP contribution >= 0.6 is 0 Å². The van der Waals surface area contributed by atoms with Gasteiger partial charge in [0.25, 0.3) is 0 Å². The summed E-state index contributed by atoms with van der Waals surface area (Å²) in [5.41, 5.74) is 1.55. The fraction of sp³-hybridized carbons (Fsp3) is 0.444. The Balaban J connectivity index is 2.06. The minimum atomic E-state index is -2.93. The van der Waals surface area contributed by atoms with Crippen molar-refractivity contribution >= 4 is 5.96 Å². The lowest BCUT2D eigenvalue weighted by atomic mass is 10.2. The number of methoxy groups -OCH3 is 1. The number of guanidine groups is 1. The second kappa shape index (κ2) is 9.75. The highest BCUT2D eigenvalue weighted by Crippen LogP contribution is 2.29. The molecule has 0 radical (unpaired) electrons. The third-order valence-electron chi connectivity index (χ3n) is 3.69. The third-order valence-corrected chi connectivity index (χ3v) is 3.69. The minimum absolute atomic E-state index is 0.0242. The van der Waals surface area contributed by atoms with Crippen LogP contribution in [-0.4, -0.2) is 31.2 Å². The first-order valence-corrected chi connectivity index (χ1v) is 8.49. The summed E-state index contributed by atoms with van der Waals surface area (Å²) in [6.45, 7) is 4.06. The Labute approximate surface area is 156 Å².